The monoisotopic (exact) mass is 687 g/mol. The molecule has 0 saturated heterocycles. The lowest BCUT2D eigenvalue weighted by molar-refractivity contribution is 0.669. The van der Waals surface area contributed by atoms with E-state index in [0.717, 1.165) is 27.0 Å². The Morgan fingerprint density at radius 2 is 1.24 bits per heavy atom. The second-order valence-electron chi connectivity index (χ2n) is 11.5. The molecule has 0 aliphatic heterocycles. The number of aromatic nitrogens is 4. The van der Waals surface area contributed by atoms with Crippen LogP contribution in [0.1, 0.15) is 23.3 Å². The van der Waals surface area contributed by atoms with E-state index >= 15 is 0 Å². The zero-order chi connectivity index (χ0) is 48.3. The minimum absolute atomic E-state index is 0.00740. The summed E-state index contributed by atoms with van der Waals surface area (Å²) in [6.45, 7) is 0. The lowest BCUT2D eigenvalue weighted by Crippen LogP contribution is -2.06. The number of para-hydroxylation sites is 3. The molecule has 4 aromatic heterocycles. The van der Waals surface area contributed by atoms with Crippen LogP contribution in [-0.2, 0) is 0 Å². The summed E-state index contributed by atoms with van der Waals surface area (Å²) in [7, 11) is 0. The van der Waals surface area contributed by atoms with E-state index in [0.29, 0.717) is 5.56 Å². The first-order chi connectivity index (χ1) is 32.3. The molecule has 0 radical (unpaired) electrons. The van der Waals surface area contributed by atoms with Gasteiger partial charge in [-0.2, -0.15) is 9.97 Å². The SMILES string of the molecule is [2H]c1c([2H])c([2H])c2c(oc3c(-c4nc(-c5ccc(-c6ccccc6)cc5)nc(-n5c6c([2H])c([2H])c([2H])c([2H])c6c6c7sc8c([2H])c([2H])c([2H])c([2H])c8c7c([2H])c([2H])c65)n4)c([2H])c([2H])c([2H])c32)c1[2H]. The van der Waals surface area contributed by atoms with Gasteiger partial charge in [0.05, 0.1) is 39.9 Å². The number of hydrogen-bond acceptors (Lipinski definition) is 5. The van der Waals surface area contributed by atoms with Crippen LogP contribution in [0.3, 0.4) is 0 Å². The maximum Gasteiger partial charge on any atom is 0.238 e. The molecular formula is C45H26N4OS. The Balaban J connectivity index is 1.33. The molecule has 11 rings (SSSR count). The first-order valence-electron chi connectivity index (χ1n) is 24.1. The second-order valence-corrected chi connectivity index (χ2v) is 12.5. The van der Waals surface area contributed by atoms with Crippen molar-refractivity contribution < 1.29 is 27.7 Å². The van der Waals surface area contributed by atoms with E-state index < -0.39 is 114 Å². The molecule has 51 heavy (non-hydrogen) atoms. The van der Waals surface area contributed by atoms with Gasteiger partial charge in [0.1, 0.15) is 11.2 Å². The lowest BCUT2D eigenvalue weighted by Gasteiger charge is -2.11. The molecule has 0 amide bonds. The minimum atomic E-state index is -0.676. The van der Waals surface area contributed by atoms with Crippen LogP contribution >= 0.6 is 11.3 Å². The second kappa shape index (κ2) is 10.9. The Labute approximate surface area is 319 Å². The molecule has 0 N–H and O–H groups in total. The molecule has 238 valence electrons. The fraction of sp³-hybridized carbons (Fsp3) is 0. The van der Waals surface area contributed by atoms with E-state index in [1.54, 1.807) is 24.3 Å². The molecule has 0 aliphatic rings. The zero-order valence-electron chi connectivity index (χ0n) is 42.8. The number of furan rings is 1. The van der Waals surface area contributed by atoms with Gasteiger partial charge in [0.15, 0.2) is 11.6 Å². The largest absolute Gasteiger partial charge is 0.455 e. The van der Waals surface area contributed by atoms with Crippen molar-refractivity contribution in [2.75, 3.05) is 0 Å². The van der Waals surface area contributed by atoms with Gasteiger partial charge in [-0.05, 0) is 41.3 Å². The zero-order valence-corrected chi connectivity index (χ0v) is 26.6. The standard InChI is InChI=1S/C45H26N4OS/c1-2-11-27(12-3-1)28-21-23-29(24-22-28)43-46-44(35-17-10-16-32-30-13-5-8-19-38(30)50-41(32)35)48-45(47-43)49-36-18-7-4-15-34(36)40-37(49)26-25-33-31-14-6-9-20-39(31)51-42(33)40/h1-26H/i4D,5D,6D,7D,8D,9D,10D,13D,14D,15D,16D,17D,18D,19D,20D,25D,26D. The predicted octanol–water partition coefficient (Wildman–Crippen LogP) is 12.2. The summed E-state index contributed by atoms with van der Waals surface area (Å²) in [5, 5.41) is -0.642. The summed E-state index contributed by atoms with van der Waals surface area (Å²) >= 11 is 0.871. The topological polar surface area (TPSA) is 56.7 Å². The third-order valence-corrected chi connectivity index (χ3v) is 9.83. The Hall–Kier alpha value is -6.63. The van der Waals surface area contributed by atoms with E-state index in [1.165, 1.54) is 0 Å². The molecule has 11 aromatic rings. The van der Waals surface area contributed by atoms with Crippen LogP contribution in [0.5, 0.6) is 0 Å². The van der Waals surface area contributed by atoms with Gasteiger partial charge in [0.25, 0.3) is 0 Å². The van der Waals surface area contributed by atoms with E-state index in [-0.39, 0.29) is 75.3 Å². The highest BCUT2D eigenvalue weighted by Crippen LogP contribution is 2.43. The quantitative estimate of drug-likeness (QED) is 0.185. The van der Waals surface area contributed by atoms with Crippen molar-refractivity contribution >= 4 is 75.3 Å². The maximum absolute atomic E-state index is 9.61. The molecule has 0 spiro atoms. The summed E-state index contributed by atoms with van der Waals surface area (Å²) < 4.78 is 158. The van der Waals surface area contributed by atoms with Gasteiger partial charge in [-0.3, -0.25) is 4.57 Å². The number of fused-ring (bicyclic) bond motifs is 10. The Kier molecular flexibility index (Phi) is 3.51. The summed E-state index contributed by atoms with van der Waals surface area (Å²) in [4.78, 5) is 14.4. The molecule has 0 fully saturated rings. The van der Waals surface area contributed by atoms with Crippen LogP contribution in [-0.4, -0.2) is 19.5 Å². The number of benzene rings is 7. The van der Waals surface area contributed by atoms with E-state index in [4.69, 9.17) is 35.8 Å². The summed E-state index contributed by atoms with van der Waals surface area (Å²) in [5.41, 5.74) is 0.610. The number of nitrogens with zero attached hydrogens (tertiary/aromatic N) is 4. The number of rotatable bonds is 4. The molecule has 0 atom stereocenters. The van der Waals surface area contributed by atoms with Crippen LogP contribution in [0.25, 0.3) is 104 Å². The van der Waals surface area contributed by atoms with Crippen molar-refractivity contribution in [3.05, 3.63) is 157 Å². The van der Waals surface area contributed by atoms with Gasteiger partial charge in [-0.1, -0.05) is 127 Å². The van der Waals surface area contributed by atoms with Crippen LogP contribution in [0.2, 0.25) is 0 Å². The summed E-state index contributed by atoms with van der Waals surface area (Å²) in [6.07, 6.45) is 0. The fourth-order valence-corrected chi connectivity index (χ4v) is 7.52. The highest BCUT2D eigenvalue weighted by Gasteiger charge is 2.22. The van der Waals surface area contributed by atoms with Gasteiger partial charge in [-0.15, -0.1) is 11.3 Å². The van der Waals surface area contributed by atoms with Crippen molar-refractivity contribution in [3.8, 4) is 39.9 Å². The first kappa shape index (κ1) is 16.4. The van der Waals surface area contributed by atoms with Gasteiger partial charge in [-0.25, -0.2) is 4.98 Å². The third-order valence-electron chi connectivity index (χ3n) is 8.70. The third kappa shape index (κ3) is 4.30. The highest BCUT2D eigenvalue weighted by molar-refractivity contribution is 7.26. The minimum Gasteiger partial charge on any atom is -0.455 e. The van der Waals surface area contributed by atoms with E-state index in [2.05, 4.69) is 0 Å². The fourth-order valence-electron chi connectivity index (χ4n) is 6.41. The first-order valence-corrected chi connectivity index (χ1v) is 16.4. The van der Waals surface area contributed by atoms with Crippen molar-refractivity contribution in [2.45, 2.75) is 0 Å². The lowest BCUT2D eigenvalue weighted by atomic mass is 10.0. The predicted molar refractivity (Wildman–Crippen MR) is 211 cm³/mol. The molecule has 7 aromatic carbocycles. The molecule has 4 heterocycles. The van der Waals surface area contributed by atoms with Gasteiger partial charge < -0.3 is 4.42 Å². The van der Waals surface area contributed by atoms with E-state index in [1.807, 2.05) is 30.3 Å². The average Bonchev–Trinajstić information content (AvgIpc) is 4.05. The molecule has 0 bridgehead atoms. The van der Waals surface area contributed by atoms with Crippen molar-refractivity contribution in [1.29, 1.82) is 0 Å². The average molecular weight is 688 g/mol. The van der Waals surface area contributed by atoms with Gasteiger partial charge in [0.2, 0.25) is 5.95 Å². The Morgan fingerprint density at radius 3 is 2.12 bits per heavy atom. The highest BCUT2D eigenvalue weighted by atomic mass is 32.1. The maximum atomic E-state index is 9.61. The smallest absolute Gasteiger partial charge is 0.238 e. The number of hydrogen-bond donors (Lipinski definition) is 0. The molecule has 0 unspecified atom stereocenters. The van der Waals surface area contributed by atoms with Crippen LogP contribution in [0.4, 0.5) is 0 Å². The molecule has 0 saturated carbocycles. The summed E-state index contributed by atoms with van der Waals surface area (Å²) in [5.74, 6) is -0.900. The summed E-state index contributed by atoms with van der Waals surface area (Å²) in [6, 6.07) is 6.72. The Morgan fingerprint density at radius 1 is 0.529 bits per heavy atom. The van der Waals surface area contributed by atoms with Crippen LogP contribution in [0.15, 0.2) is 162 Å². The molecular weight excluding hydrogens is 645 g/mol. The van der Waals surface area contributed by atoms with Crippen LogP contribution < -0.4 is 0 Å². The van der Waals surface area contributed by atoms with E-state index in [9.17, 15) is 6.85 Å². The molecule has 6 heteroatoms. The van der Waals surface area contributed by atoms with Crippen molar-refractivity contribution in [1.82, 2.24) is 19.5 Å². The van der Waals surface area contributed by atoms with Crippen LogP contribution in [0, 0.1) is 0 Å². The number of thiophene rings is 1. The molecule has 0 aliphatic carbocycles. The van der Waals surface area contributed by atoms with Crippen molar-refractivity contribution in [2.24, 2.45) is 0 Å². The normalized spacial score (nSPS) is 16.6. The van der Waals surface area contributed by atoms with Gasteiger partial charge in [0, 0.05) is 47.3 Å². The van der Waals surface area contributed by atoms with Crippen molar-refractivity contribution in [3.63, 3.8) is 0 Å². The van der Waals surface area contributed by atoms with Gasteiger partial charge >= 0.3 is 0 Å². The molecule has 5 nitrogen and oxygen atoms in total. The Bertz CT molecular complexity index is 4120.